The Morgan fingerprint density at radius 3 is 2.60 bits per heavy atom. The molecule has 0 spiro atoms. The van der Waals surface area contributed by atoms with Crippen molar-refractivity contribution in [1.82, 2.24) is 5.32 Å². The third-order valence-corrected chi connectivity index (χ3v) is 2.80. The number of ether oxygens (including phenoxy) is 3. The van der Waals surface area contributed by atoms with Crippen molar-refractivity contribution in [2.75, 3.05) is 33.5 Å². The van der Waals surface area contributed by atoms with Crippen LogP contribution in [0.4, 0.5) is 0 Å². The second-order valence-corrected chi connectivity index (χ2v) is 4.95. The van der Waals surface area contributed by atoms with Gasteiger partial charge >= 0.3 is 0 Å². The van der Waals surface area contributed by atoms with E-state index in [-0.39, 0.29) is 0 Å². The minimum atomic E-state index is 0.465. The van der Waals surface area contributed by atoms with E-state index < -0.39 is 0 Å². The van der Waals surface area contributed by atoms with Gasteiger partial charge in [0.25, 0.3) is 0 Å². The number of hydrogen-bond acceptors (Lipinski definition) is 4. The van der Waals surface area contributed by atoms with Gasteiger partial charge in [-0.2, -0.15) is 0 Å². The molecule has 0 bridgehead atoms. The van der Waals surface area contributed by atoms with Crippen LogP contribution < -0.4 is 10.1 Å². The summed E-state index contributed by atoms with van der Waals surface area (Å²) < 4.78 is 16.2. The van der Waals surface area contributed by atoms with Crippen LogP contribution in [0.25, 0.3) is 0 Å². The Morgan fingerprint density at radius 2 is 1.85 bits per heavy atom. The topological polar surface area (TPSA) is 39.7 Å². The van der Waals surface area contributed by atoms with Crippen LogP contribution in [0.2, 0.25) is 0 Å². The van der Waals surface area contributed by atoms with Crippen molar-refractivity contribution in [1.29, 1.82) is 0 Å². The molecule has 1 aromatic carbocycles. The summed E-state index contributed by atoms with van der Waals surface area (Å²) >= 11 is 0. The fourth-order valence-electron chi connectivity index (χ4n) is 1.72. The molecule has 0 aliphatic rings. The summed E-state index contributed by atoms with van der Waals surface area (Å²) in [6, 6.07) is 8.58. The average molecular weight is 281 g/mol. The Hall–Kier alpha value is -1.10. The van der Waals surface area contributed by atoms with E-state index >= 15 is 0 Å². The summed E-state index contributed by atoms with van der Waals surface area (Å²) in [4.78, 5) is 0. The number of benzene rings is 1. The van der Waals surface area contributed by atoms with Gasteiger partial charge in [-0.3, -0.25) is 0 Å². The predicted octanol–water partition coefficient (Wildman–Crippen LogP) is 2.62. The molecule has 0 saturated heterocycles. The van der Waals surface area contributed by atoms with Crippen LogP contribution >= 0.6 is 0 Å². The second-order valence-electron chi connectivity index (χ2n) is 4.95. The van der Waals surface area contributed by atoms with Crippen LogP contribution in [0.1, 0.15) is 25.8 Å². The number of hydrogen-bond donors (Lipinski definition) is 1. The van der Waals surface area contributed by atoms with Crippen LogP contribution in [0, 0.1) is 0 Å². The molecule has 4 heteroatoms. The first kappa shape index (κ1) is 17.0. The molecule has 0 heterocycles. The van der Waals surface area contributed by atoms with Crippen molar-refractivity contribution in [2.45, 2.75) is 32.9 Å². The summed E-state index contributed by atoms with van der Waals surface area (Å²) in [5.41, 5.74) is 1.18. The van der Waals surface area contributed by atoms with E-state index in [1.807, 2.05) is 18.2 Å². The van der Waals surface area contributed by atoms with Gasteiger partial charge in [-0.15, -0.1) is 0 Å². The van der Waals surface area contributed by atoms with Crippen molar-refractivity contribution in [3.8, 4) is 5.75 Å². The highest BCUT2D eigenvalue weighted by atomic mass is 16.5. The van der Waals surface area contributed by atoms with Crippen molar-refractivity contribution < 1.29 is 14.2 Å². The van der Waals surface area contributed by atoms with Crippen molar-refractivity contribution >= 4 is 0 Å². The van der Waals surface area contributed by atoms with E-state index in [1.54, 1.807) is 7.11 Å². The molecule has 0 aromatic heterocycles. The molecule has 0 saturated carbocycles. The van der Waals surface area contributed by atoms with Crippen LogP contribution in [0.15, 0.2) is 24.3 Å². The molecule has 0 unspecified atom stereocenters. The Bertz CT molecular complexity index is 355. The van der Waals surface area contributed by atoms with Crippen LogP contribution in [-0.4, -0.2) is 39.6 Å². The van der Waals surface area contributed by atoms with E-state index in [2.05, 4.69) is 25.2 Å². The molecule has 4 nitrogen and oxygen atoms in total. The summed E-state index contributed by atoms with van der Waals surface area (Å²) in [5.74, 6) is 0.932. The number of rotatable bonds is 11. The zero-order valence-electron chi connectivity index (χ0n) is 12.9. The maximum Gasteiger partial charge on any atom is 0.123 e. The highest BCUT2D eigenvalue weighted by molar-refractivity contribution is 5.33. The lowest BCUT2D eigenvalue weighted by Crippen LogP contribution is -2.22. The van der Waals surface area contributed by atoms with Gasteiger partial charge in [0.2, 0.25) is 0 Å². The molecule has 0 atom stereocenters. The molecule has 1 rings (SSSR count). The zero-order chi connectivity index (χ0) is 14.6. The van der Waals surface area contributed by atoms with Crippen LogP contribution in [-0.2, 0) is 16.0 Å². The molecule has 0 radical (unpaired) electrons. The summed E-state index contributed by atoms with van der Waals surface area (Å²) in [6.45, 7) is 7.73. The predicted molar refractivity (Wildman–Crippen MR) is 81.2 cm³/mol. The average Bonchev–Trinajstić information content (AvgIpc) is 2.45. The quantitative estimate of drug-likeness (QED) is 0.633. The molecule has 0 aliphatic heterocycles. The Morgan fingerprint density at radius 1 is 1.05 bits per heavy atom. The smallest absolute Gasteiger partial charge is 0.123 e. The Kier molecular flexibility index (Phi) is 9.04. The number of nitrogens with one attached hydrogen (secondary N) is 1. The minimum absolute atomic E-state index is 0.465. The molecule has 0 aliphatic carbocycles. The largest absolute Gasteiger partial charge is 0.491 e. The molecular weight excluding hydrogens is 254 g/mol. The number of para-hydroxylation sites is 1. The van der Waals surface area contributed by atoms with Gasteiger partial charge in [0.1, 0.15) is 12.4 Å². The van der Waals surface area contributed by atoms with Gasteiger partial charge < -0.3 is 19.5 Å². The second kappa shape index (κ2) is 10.7. The maximum atomic E-state index is 5.78. The molecule has 20 heavy (non-hydrogen) atoms. The van der Waals surface area contributed by atoms with Gasteiger partial charge in [-0.05, 0) is 12.5 Å². The lowest BCUT2D eigenvalue weighted by Gasteiger charge is -2.13. The summed E-state index contributed by atoms with van der Waals surface area (Å²) in [6.07, 6.45) is 0.922. The van der Waals surface area contributed by atoms with Crippen LogP contribution in [0.3, 0.4) is 0 Å². The normalized spacial score (nSPS) is 11.0. The minimum Gasteiger partial charge on any atom is -0.491 e. The fraction of sp³-hybridized carbons (Fsp3) is 0.625. The summed E-state index contributed by atoms with van der Waals surface area (Å²) in [7, 11) is 1.70. The van der Waals surface area contributed by atoms with Gasteiger partial charge in [0, 0.05) is 38.5 Å². The molecule has 114 valence electrons. The molecule has 0 fully saturated rings. The third kappa shape index (κ3) is 7.48. The van der Waals surface area contributed by atoms with Gasteiger partial charge in [-0.25, -0.2) is 0 Å². The first-order valence-corrected chi connectivity index (χ1v) is 7.24. The maximum absolute atomic E-state index is 5.78. The van der Waals surface area contributed by atoms with Gasteiger partial charge in [0.05, 0.1) is 6.61 Å². The van der Waals surface area contributed by atoms with Crippen LogP contribution in [0.5, 0.6) is 5.75 Å². The van der Waals surface area contributed by atoms with E-state index in [1.165, 1.54) is 5.56 Å². The monoisotopic (exact) mass is 281 g/mol. The van der Waals surface area contributed by atoms with E-state index in [9.17, 15) is 0 Å². The van der Waals surface area contributed by atoms with E-state index in [4.69, 9.17) is 14.2 Å². The standard InChI is InChI=1S/C16H27NO3/c1-14(2)17-13-15-7-4-5-8-16(15)20-12-11-19-10-6-9-18-3/h4-5,7-8,14,17H,6,9-13H2,1-3H3. The molecule has 1 N–H and O–H groups in total. The van der Waals surface area contributed by atoms with E-state index in [0.29, 0.717) is 25.9 Å². The van der Waals surface area contributed by atoms with Crippen molar-refractivity contribution in [3.63, 3.8) is 0 Å². The summed E-state index contributed by atoms with van der Waals surface area (Å²) in [5, 5.41) is 3.40. The lowest BCUT2D eigenvalue weighted by atomic mass is 10.2. The van der Waals surface area contributed by atoms with Gasteiger partial charge in [0.15, 0.2) is 0 Å². The zero-order valence-corrected chi connectivity index (χ0v) is 12.9. The first-order valence-electron chi connectivity index (χ1n) is 7.24. The van der Waals surface area contributed by atoms with Crippen molar-refractivity contribution in [3.05, 3.63) is 29.8 Å². The van der Waals surface area contributed by atoms with E-state index in [0.717, 1.165) is 25.3 Å². The van der Waals surface area contributed by atoms with Crippen molar-refractivity contribution in [2.24, 2.45) is 0 Å². The highest BCUT2D eigenvalue weighted by Gasteiger charge is 2.03. The Labute approximate surface area is 122 Å². The molecule has 1 aromatic rings. The third-order valence-electron chi connectivity index (χ3n) is 2.80. The highest BCUT2D eigenvalue weighted by Crippen LogP contribution is 2.17. The number of methoxy groups -OCH3 is 1. The lowest BCUT2D eigenvalue weighted by molar-refractivity contribution is 0.0804. The fourth-order valence-corrected chi connectivity index (χ4v) is 1.72. The Balaban J connectivity index is 2.25. The van der Waals surface area contributed by atoms with Gasteiger partial charge in [-0.1, -0.05) is 32.0 Å². The molecular formula is C16H27NO3. The SMILES string of the molecule is COCCCOCCOc1ccccc1CNC(C)C. The molecule has 0 amide bonds. The first-order chi connectivity index (χ1) is 9.74.